The monoisotopic (exact) mass is 119 g/mol. The highest BCUT2D eigenvalue weighted by atomic mass is 16.3. The Morgan fingerprint density at radius 1 is 1.12 bits per heavy atom. The van der Waals surface area contributed by atoms with Crippen molar-refractivity contribution < 1.29 is 10.2 Å². The van der Waals surface area contributed by atoms with Crippen molar-refractivity contribution in [1.29, 1.82) is 0 Å². The molecule has 0 radical (unpaired) electrons. The summed E-state index contributed by atoms with van der Waals surface area (Å²) in [5, 5.41) is 16.5. The number of aliphatic hydroxyl groups is 1. The number of hydrogen-bond donors (Lipinski definition) is 1. The predicted octanol–water partition coefficient (Wildman–Crippen LogP) is 0.261. The van der Waals surface area contributed by atoms with E-state index in [1.54, 1.807) is 27.7 Å². The molecule has 2 nitrogen and oxygen atoms in total. The SMILES string of the molecule is CC(C)(O)C(C)(C)[OH2+]. The molecular formula is C6H15O2+. The second kappa shape index (κ2) is 1.71. The second-order valence-electron chi connectivity index (χ2n) is 3.18. The highest BCUT2D eigenvalue weighted by Crippen LogP contribution is 2.18. The molecule has 0 bridgehead atoms. The molecule has 2 heteroatoms. The van der Waals surface area contributed by atoms with Crippen molar-refractivity contribution in [2.24, 2.45) is 0 Å². The van der Waals surface area contributed by atoms with Gasteiger partial charge in [0.15, 0.2) is 5.60 Å². The fraction of sp³-hybridized carbons (Fsp3) is 1.00. The normalized spacial score (nSPS) is 14.2. The summed E-state index contributed by atoms with van der Waals surface area (Å²) in [6.45, 7) is 6.65. The lowest BCUT2D eigenvalue weighted by Gasteiger charge is -2.26. The summed E-state index contributed by atoms with van der Waals surface area (Å²) in [5.41, 5.74) is -1.65. The maximum Gasteiger partial charge on any atom is 0.186 e. The first-order valence-electron chi connectivity index (χ1n) is 2.72. The van der Waals surface area contributed by atoms with Crippen molar-refractivity contribution >= 4 is 0 Å². The Labute approximate surface area is 50.2 Å². The Morgan fingerprint density at radius 3 is 1.25 bits per heavy atom. The zero-order valence-electron chi connectivity index (χ0n) is 5.95. The van der Waals surface area contributed by atoms with E-state index in [-0.39, 0.29) is 0 Å². The van der Waals surface area contributed by atoms with Gasteiger partial charge in [0, 0.05) is 13.8 Å². The molecular weight excluding hydrogens is 104 g/mol. The van der Waals surface area contributed by atoms with E-state index in [4.69, 9.17) is 10.2 Å². The van der Waals surface area contributed by atoms with Gasteiger partial charge in [0.05, 0.1) is 0 Å². The van der Waals surface area contributed by atoms with Gasteiger partial charge in [0.2, 0.25) is 0 Å². The minimum Gasteiger partial charge on any atom is -0.439 e. The average molecular weight is 119 g/mol. The Morgan fingerprint density at radius 2 is 1.25 bits per heavy atom. The van der Waals surface area contributed by atoms with Crippen LogP contribution in [0.15, 0.2) is 0 Å². The second-order valence-corrected chi connectivity index (χ2v) is 3.18. The zero-order valence-corrected chi connectivity index (χ0v) is 5.95. The third-order valence-electron chi connectivity index (χ3n) is 1.53. The van der Waals surface area contributed by atoms with Crippen molar-refractivity contribution in [2.75, 3.05) is 0 Å². The summed E-state index contributed by atoms with van der Waals surface area (Å²) in [6, 6.07) is 0. The van der Waals surface area contributed by atoms with Crippen LogP contribution in [0.2, 0.25) is 0 Å². The van der Waals surface area contributed by atoms with E-state index >= 15 is 0 Å². The van der Waals surface area contributed by atoms with Gasteiger partial charge >= 0.3 is 0 Å². The van der Waals surface area contributed by atoms with Gasteiger partial charge in [-0.2, -0.15) is 0 Å². The summed E-state index contributed by atoms with van der Waals surface area (Å²) in [5.74, 6) is 0. The van der Waals surface area contributed by atoms with Gasteiger partial charge in [0.1, 0.15) is 5.60 Å². The molecule has 0 spiro atoms. The lowest BCUT2D eigenvalue weighted by molar-refractivity contribution is -0.107. The van der Waals surface area contributed by atoms with E-state index in [1.807, 2.05) is 0 Å². The Balaban J connectivity index is 4.02. The van der Waals surface area contributed by atoms with Gasteiger partial charge in [0.25, 0.3) is 0 Å². The van der Waals surface area contributed by atoms with Crippen molar-refractivity contribution in [3.05, 3.63) is 0 Å². The van der Waals surface area contributed by atoms with E-state index in [2.05, 4.69) is 0 Å². The van der Waals surface area contributed by atoms with Gasteiger partial charge < -0.3 is 10.2 Å². The third kappa shape index (κ3) is 1.80. The first-order valence-corrected chi connectivity index (χ1v) is 2.72. The van der Waals surface area contributed by atoms with Crippen LogP contribution in [0.1, 0.15) is 27.7 Å². The molecule has 0 saturated carbocycles. The Kier molecular flexibility index (Phi) is 1.69. The summed E-state index contributed by atoms with van der Waals surface area (Å²) in [4.78, 5) is 0. The van der Waals surface area contributed by atoms with E-state index in [0.29, 0.717) is 0 Å². The molecule has 0 aliphatic carbocycles. The van der Waals surface area contributed by atoms with Crippen LogP contribution in [-0.2, 0) is 0 Å². The first kappa shape index (κ1) is 7.92. The minimum atomic E-state index is -0.896. The summed E-state index contributed by atoms with van der Waals surface area (Å²) >= 11 is 0. The van der Waals surface area contributed by atoms with Crippen LogP contribution in [0, 0.1) is 0 Å². The van der Waals surface area contributed by atoms with Gasteiger partial charge in [-0.15, -0.1) is 0 Å². The lowest BCUT2D eigenvalue weighted by Crippen LogP contribution is -2.44. The van der Waals surface area contributed by atoms with Crippen LogP contribution in [0.25, 0.3) is 0 Å². The topological polar surface area (TPSA) is 43.1 Å². The van der Waals surface area contributed by atoms with Crippen molar-refractivity contribution in [1.82, 2.24) is 0 Å². The zero-order chi connectivity index (χ0) is 7.00. The molecule has 0 unspecified atom stereocenters. The molecule has 0 heterocycles. The molecule has 0 amide bonds. The fourth-order valence-corrected chi connectivity index (χ4v) is 0. The van der Waals surface area contributed by atoms with Crippen LogP contribution in [0.3, 0.4) is 0 Å². The molecule has 0 atom stereocenters. The molecule has 0 aliphatic heterocycles. The highest BCUT2D eigenvalue weighted by molar-refractivity contribution is 4.84. The molecule has 3 N–H and O–H groups in total. The van der Waals surface area contributed by atoms with Crippen LogP contribution >= 0.6 is 0 Å². The van der Waals surface area contributed by atoms with Gasteiger partial charge in [-0.05, 0) is 13.8 Å². The molecule has 0 aromatic heterocycles. The fourth-order valence-electron chi connectivity index (χ4n) is 0. The van der Waals surface area contributed by atoms with Gasteiger partial charge in [-0.25, -0.2) is 0 Å². The summed E-state index contributed by atoms with van der Waals surface area (Å²) in [7, 11) is 0. The molecule has 0 aromatic carbocycles. The summed E-state index contributed by atoms with van der Waals surface area (Å²) in [6.07, 6.45) is 0. The number of hydrogen-bond acceptors (Lipinski definition) is 1. The average Bonchev–Trinajstić information content (AvgIpc) is 1.25. The molecule has 8 heavy (non-hydrogen) atoms. The van der Waals surface area contributed by atoms with Crippen LogP contribution in [0.4, 0.5) is 0 Å². The standard InChI is InChI=1S/C6H14O2/c1-5(2,7)6(3,4)8/h7-8H,1-4H3/p+1. The Bertz CT molecular complexity index is 61.5. The molecule has 0 saturated heterocycles. The van der Waals surface area contributed by atoms with E-state index in [1.165, 1.54) is 0 Å². The van der Waals surface area contributed by atoms with E-state index in [9.17, 15) is 0 Å². The van der Waals surface area contributed by atoms with Crippen molar-refractivity contribution in [2.45, 2.75) is 38.9 Å². The van der Waals surface area contributed by atoms with Crippen LogP contribution < -0.4 is 0 Å². The van der Waals surface area contributed by atoms with Crippen LogP contribution in [-0.4, -0.2) is 21.4 Å². The molecule has 0 rings (SSSR count). The molecule has 50 valence electrons. The molecule has 0 fully saturated rings. The molecule has 0 aromatic rings. The lowest BCUT2D eigenvalue weighted by atomic mass is 9.90. The summed E-state index contributed by atoms with van der Waals surface area (Å²) < 4.78 is 0. The van der Waals surface area contributed by atoms with Gasteiger partial charge in [-0.1, -0.05) is 0 Å². The highest BCUT2D eigenvalue weighted by Gasteiger charge is 2.37. The van der Waals surface area contributed by atoms with Crippen molar-refractivity contribution in [3.63, 3.8) is 0 Å². The smallest absolute Gasteiger partial charge is 0.186 e. The largest absolute Gasteiger partial charge is 0.439 e. The van der Waals surface area contributed by atoms with Crippen LogP contribution in [0.5, 0.6) is 0 Å². The number of rotatable bonds is 1. The van der Waals surface area contributed by atoms with Gasteiger partial charge in [-0.3, -0.25) is 0 Å². The van der Waals surface area contributed by atoms with E-state index < -0.39 is 11.2 Å². The maximum atomic E-state index is 9.17. The minimum absolute atomic E-state index is 0.757. The molecule has 0 aliphatic rings. The third-order valence-corrected chi connectivity index (χ3v) is 1.53. The Hall–Kier alpha value is -0.0800. The van der Waals surface area contributed by atoms with Crippen molar-refractivity contribution in [3.8, 4) is 0 Å². The van der Waals surface area contributed by atoms with E-state index in [0.717, 1.165) is 0 Å². The maximum absolute atomic E-state index is 9.17. The quantitative estimate of drug-likeness (QED) is 0.494. The first-order chi connectivity index (χ1) is 3.25. The predicted molar refractivity (Wildman–Crippen MR) is 34.0 cm³/mol.